The molecule has 0 unspecified atom stereocenters. The average molecular weight is 274 g/mol. The Morgan fingerprint density at radius 3 is 1.47 bits per heavy atom. The largest absolute Gasteiger partial charge is 0.478 e. The minimum Gasteiger partial charge on any atom is -0.478 e. The van der Waals surface area contributed by atoms with Crippen LogP contribution < -0.4 is 0 Å². The van der Waals surface area contributed by atoms with Crippen LogP contribution in [0.25, 0.3) is 0 Å². The van der Waals surface area contributed by atoms with Crippen LogP contribution in [0.15, 0.2) is 30.3 Å². The average Bonchev–Trinajstić information content (AvgIpc) is 2.31. The molecule has 1 rings (SSSR count). The van der Waals surface area contributed by atoms with Crippen LogP contribution in [0.1, 0.15) is 38.1 Å². The summed E-state index contributed by atoms with van der Waals surface area (Å²) in [4.78, 5) is 10.2. The summed E-state index contributed by atoms with van der Waals surface area (Å²) in [5.74, 6) is -0.879. The minimum atomic E-state index is -0.879. The third-order valence-corrected chi connectivity index (χ3v) is 1.02. The molecule has 19 heavy (non-hydrogen) atoms. The van der Waals surface area contributed by atoms with Gasteiger partial charge in [-0.3, -0.25) is 0 Å². The van der Waals surface area contributed by atoms with Crippen LogP contribution >= 0.6 is 0 Å². The van der Waals surface area contributed by atoms with Gasteiger partial charge in [0.2, 0.25) is 0 Å². The summed E-state index contributed by atoms with van der Waals surface area (Å²) < 4.78 is 0. The lowest BCUT2D eigenvalue weighted by Gasteiger charge is -1.88. The van der Waals surface area contributed by atoms with Gasteiger partial charge in [-0.1, -0.05) is 18.2 Å². The fraction of sp³-hybridized carbons (Fsp3) is 0.500. The molecule has 0 aliphatic heterocycles. The summed E-state index contributed by atoms with van der Waals surface area (Å²) in [7, 11) is 0. The summed E-state index contributed by atoms with van der Waals surface area (Å²) in [5, 5.41) is 31.6. The highest BCUT2D eigenvalue weighted by Gasteiger charge is 1.96. The summed E-state index contributed by atoms with van der Waals surface area (Å²) in [6.07, 6.45) is -0.167. The number of rotatable bonds is 1. The normalized spacial score (nSPS) is 8.00. The summed E-state index contributed by atoms with van der Waals surface area (Å²) in [6.45, 7) is 7.31. The van der Waals surface area contributed by atoms with E-state index in [0.717, 1.165) is 0 Å². The molecule has 0 aliphatic carbocycles. The number of aliphatic hydroxyl groups is 3. The molecule has 0 bridgehead atoms. The lowest BCUT2D eigenvalue weighted by atomic mass is 10.2. The second kappa shape index (κ2) is 18.9. The van der Waals surface area contributed by atoms with Crippen molar-refractivity contribution in [1.82, 2.24) is 0 Å². The standard InChI is InChI=1S/C7H6O2.C3H8O.2C2H6O/c8-7(9)6-4-2-1-3-5-6;1-3(2)4;2*1-2-3/h1-5H,(H,8,9);3-4H,1-2H3;2*3H,2H2,1H3. The zero-order valence-corrected chi connectivity index (χ0v) is 12.1. The van der Waals surface area contributed by atoms with E-state index in [1.807, 2.05) is 0 Å². The first-order chi connectivity index (χ1) is 8.87. The maximum atomic E-state index is 10.2. The second-order valence-corrected chi connectivity index (χ2v) is 3.40. The molecule has 0 aliphatic rings. The van der Waals surface area contributed by atoms with E-state index in [1.165, 1.54) is 0 Å². The van der Waals surface area contributed by atoms with Crippen molar-refractivity contribution in [3.63, 3.8) is 0 Å². The molecule has 1 aromatic rings. The monoisotopic (exact) mass is 274 g/mol. The van der Waals surface area contributed by atoms with Gasteiger partial charge < -0.3 is 20.4 Å². The number of hydrogen-bond acceptors (Lipinski definition) is 4. The third kappa shape index (κ3) is 31.5. The van der Waals surface area contributed by atoms with E-state index in [0.29, 0.717) is 5.56 Å². The quantitative estimate of drug-likeness (QED) is 0.625. The molecule has 0 saturated carbocycles. The Labute approximate surface area is 115 Å². The van der Waals surface area contributed by atoms with Crippen LogP contribution in [-0.4, -0.2) is 45.7 Å². The van der Waals surface area contributed by atoms with Crippen molar-refractivity contribution >= 4 is 5.97 Å². The first kappa shape index (κ1) is 22.7. The van der Waals surface area contributed by atoms with Crippen molar-refractivity contribution < 1.29 is 25.2 Å². The van der Waals surface area contributed by atoms with Crippen molar-refractivity contribution in [3.8, 4) is 0 Å². The molecule has 0 saturated heterocycles. The van der Waals surface area contributed by atoms with Crippen molar-refractivity contribution in [2.75, 3.05) is 13.2 Å². The Hall–Kier alpha value is -1.43. The van der Waals surface area contributed by atoms with Gasteiger partial charge in [0, 0.05) is 19.3 Å². The molecule has 0 spiro atoms. The van der Waals surface area contributed by atoms with Crippen LogP contribution in [-0.2, 0) is 0 Å². The highest BCUT2D eigenvalue weighted by atomic mass is 16.4. The molecule has 112 valence electrons. The van der Waals surface area contributed by atoms with E-state index in [9.17, 15) is 4.79 Å². The van der Waals surface area contributed by atoms with E-state index in [-0.39, 0.29) is 19.3 Å². The van der Waals surface area contributed by atoms with E-state index in [2.05, 4.69) is 0 Å². The molecule has 1 aromatic carbocycles. The number of aromatic carboxylic acids is 1. The Morgan fingerprint density at radius 2 is 1.32 bits per heavy atom. The van der Waals surface area contributed by atoms with Crippen LogP contribution in [0.5, 0.6) is 0 Å². The maximum Gasteiger partial charge on any atom is 0.335 e. The van der Waals surface area contributed by atoms with Gasteiger partial charge in [0.25, 0.3) is 0 Å². The number of aliphatic hydroxyl groups excluding tert-OH is 3. The van der Waals surface area contributed by atoms with Crippen molar-refractivity contribution in [2.45, 2.75) is 33.8 Å². The third-order valence-electron chi connectivity index (χ3n) is 1.02. The molecule has 5 nitrogen and oxygen atoms in total. The highest BCUT2D eigenvalue weighted by molar-refractivity contribution is 5.87. The summed E-state index contributed by atoms with van der Waals surface area (Å²) in [5.41, 5.74) is 0.331. The van der Waals surface area contributed by atoms with Gasteiger partial charge in [-0.05, 0) is 39.8 Å². The van der Waals surface area contributed by atoms with Gasteiger partial charge in [-0.2, -0.15) is 0 Å². The molecule has 0 radical (unpaired) electrons. The van der Waals surface area contributed by atoms with E-state index in [1.54, 1.807) is 58.0 Å². The second-order valence-electron chi connectivity index (χ2n) is 3.40. The zero-order valence-electron chi connectivity index (χ0n) is 12.1. The molecular formula is C14H26O5. The van der Waals surface area contributed by atoms with Crippen LogP contribution in [0.4, 0.5) is 0 Å². The molecule has 0 amide bonds. The highest BCUT2D eigenvalue weighted by Crippen LogP contribution is 1.96. The SMILES string of the molecule is CC(C)O.CCO.CCO.O=C(O)c1ccccc1. The lowest BCUT2D eigenvalue weighted by Crippen LogP contribution is -1.93. The van der Waals surface area contributed by atoms with Gasteiger partial charge in [0.05, 0.1) is 5.56 Å². The predicted molar refractivity (Wildman–Crippen MR) is 76.3 cm³/mol. The lowest BCUT2D eigenvalue weighted by molar-refractivity contribution is 0.0697. The van der Waals surface area contributed by atoms with Crippen LogP contribution in [0, 0.1) is 0 Å². The molecule has 0 aromatic heterocycles. The fourth-order valence-electron chi connectivity index (χ4n) is 0.581. The number of hydrogen-bond donors (Lipinski definition) is 4. The van der Waals surface area contributed by atoms with Crippen molar-refractivity contribution in [2.24, 2.45) is 0 Å². The smallest absolute Gasteiger partial charge is 0.335 e. The van der Waals surface area contributed by atoms with Gasteiger partial charge in [0.15, 0.2) is 0 Å². The maximum absolute atomic E-state index is 10.2. The first-order valence-corrected chi connectivity index (χ1v) is 6.05. The van der Waals surface area contributed by atoms with Crippen LogP contribution in [0.3, 0.4) is 0 Å². The van der Waals surface area contributed by atoms with E-state index >= 15 is 0 Å². The topological polar surface area (TPSA) is 98.0 Å². The first-order valence-electron chi connectivity index (χ1n) is 6.05. The van der Waals surface area contributed by atoms with Crippen molar-refractivity contribution in [3.05, 3.63) is 35.9 Å². The number of carboxylic acid groups (broad SMARTS) is 1. The Morgan fingerprint density at radius 1 is 1.05 bits per heavy atom. The Kier molecular flexibility index (Phi) is 22.6. The molecule has 0 fully saturated rings. The van der Waals surface area contributed by atoms with Gasteiger partial charge in [0.1, 0.15) is 0 Å². The molecule has 0 heterocycles. The van der Waals surface area contributed by atoms with Gasteiger partial charge in [-0.25, -0.2) is 4.79 Å². The molecular weight excluding hydrogens is 248 g/mol. The molecule has 0 atom stereocenters. The number of carbonyl (C=O) groups is 1. The predicted octanol–water partition coefficient (Wildman–Crippen LogP) is 1.77. The number of carboxylic acids is 1. The van der Waals surface area contributed by atoms with Gasteiger partial charge >= 0.3 is 5.97 Å². The van der Waals surface area contributed by atoms with E-state index < -0.39 is 5.97 Å². The van der Waals surface area contributed by atoms with Crippen molar-refractivity contribution in [1.29, 1.82) is 0 Å². The molecule has 5 heteroatoms. The summed E-state index contributed by atoms with van der Waals surface area (Å²) >= 11 is 0. The molecule has 4 N–H and O–H groups in total. The Bertz CT molecular complexity index is 268. The van der Waals surface area contributed by atoms with Gasteiger partial charge in [-0.15, -0.1) is 0 Å². The van der Waals surface area contributed by atoms with E-state index in [4.69, 9.17) is 20.4 Å². The zero-order chi connectivity index (χ0) is 15.7. The number of benzene rings is 1. The van der Waals surface area contributed by atoms with Crippen LogP contribution in [0.2, 0.25) is 0 Å². The summed E-state index contributed by atoms with van der Waals surface area (Å²) in [6, 6.07) is 8.30. The Balaban J connectivity index is -0.000000216. The fourth-order valence-corrected chi connectivity index (χ4v) is 0.581. The minimum absolute atomic E-state index is 0.167.